The van der Waals surface area contributed by atoms with Gasteiger partial charge in [0, 0.05) is 12.2 Å². The van der Waals surface area contributed by atoms with Crippen molar-refractivity contribution in [1.82, 2.24) is 0 Å². The number of ether oxygens (including phenoxy) is 2. The minimum atomic E-state index is -0.785. The first kappa shape index (κ1) is 20.9. The second kappa shape index (κ2) is 8.50. The average molecular weight is 345 g/mol. The lowest BCUT2D eigenvalue weighted by molar-refractivity contribution is -0.123. The number of nitrogens with two attached hydrogens (primary N) is 1. The number of anilines is 1. The van der Waals surface area contributed by atoms with Crippen molar-refractivity contribution < 1.29 is 23.9 Å². The summed E-state index contributed by atoms with van der Waals surface area (Å²) >= 11 is 0. The summed E-state index contributed by atoms with van der Waals surface area (Å²) in [6, 6.07) is 4.17. The molecule has 0 aromatic heterocycles. The molecule has 0 atom stereocenters. The summed E-state index contributed by atoms with van der Waals surface area (Å²) in [5.41, 5.74) is 5.31. The minimum Gasteiger partial charge on any atom is -0.465 e. The molecule has 8 heteroatoms. The van der Waals surface area contributed by atoms with Crippen LogP contribution in [-0.4, -0.2) is 38.6 Å². The van der Waals surface area contributed by atoms with E-state index in [9.17, 15) is 14.4 Å². The molecule has 0 spiro atoms. The van der Waals surface area contributed by atoms with Gasteiger partial charge in [-0.1, -0.05) is 0 Å². The Bertz CT molecular complexity index is 567. The lowest BCUT2D eigenvalue weighted by atomic mass is 9.92. The highest BCUT2D eigenvalue weighted by Crippen LogP contribution is 2.20. The summed E-state index contributed by atoms with van der Waals surface area (Å²) in [7, 11) is 2.45. The highest BCUT2D eigenvalue weighted by molar-refractivity contribution is 6.00. The zero-order valence-electron chi connectivity index (χ0n) is 13.5. The van der Waals surface area contributed by atoms with Crippen molar-refractivity contribution in [3.8, 4) is 0 Å². The molecule has 128 valence electrons. The van der Waals surface area contributed by atoms with Gasteiger partial charge in [0.15, 0.2) is 0 Å². The smallest absolute Gasteiger partial charge is 0.337 e. The quantitative estimate of drug-likeness (QED) is 0.785. The van der Waals surface area contributed by atoms with Gasteiger partial charge in [-0.3, -0.25) is 4.79 Å². The van der Waals surface area contributed by atoms with Gasteiger partial charge >= 0.3 is 11.9 Å². The summed E-state index contributed by atoms with van der Waals surface area (Å²) in [5.74, 6) is -1.58. The highest BCUT2D eigenvalue weighted by atomic mass is 35.5. The number of methoxy groups -OCH3 is 2. The fraction of sp³-hybridized carbons (Fsp3) is 0.400. The predicted octanol–water partition coefficient (Wildman–Crippen LogP) is 1.60. The molecule has 0 aliphatic heterocycles. The number of nitrogens with one attached hydrogen (secondary N) is 1. The Kier molecular flexibility index (Phi) is 7.71. The first-order valence-electron chi connectivity index (χ1n) is 6.58. The maximum atomic E-state index is 12.1. The highest BCUT2D eigenvalue weighted by Gasteiger charge is 2.26. The molecule has 7 nitrogen and oxygen atoms in total. The number of benzene rings is 1. The van der Waals surface area contributed by atoms with Crippen LogP contribution < -0.4 is 11.1 Å². The minimum absolute atomic E-state index is 0. The third kappa shape index (κ3) is 5.22. The van der Waals surface area contributed by atoms with E-state index in [0.29, 0.717) is 0 Å². The molecular formula is C15H21ClN2O5. The van der Waals surface area contributed by atoms with Crippen molar-refractivity contribution in [3.05, 3.63) is 29.3 Å². The first-order chi connectivity index (χ1) is 10.2. The Balaban J connectivity index is 0.00000484. The zero-order chi connectivity index (χ0) is 16.9. The van der Waals surface area contributed by atoms with Crippen LogP contribution in [0.25, 0.3) is 0 Å². The van der Waals surface area contributed by atoms with Crippen LogP contribution in [0.15, 0.2) is 18.2 Å². The molecule has 0 bridgehead atoms. The third-order valence-corrected chi connectivity index (χ3v) is 3.16. The third-order valence-electron chi connectivity index (χ3n) is 3.16. The van der Waals surface area contributed by atoms with Gasteiger partial charge in [-0.25, -0.2) is 9.59 Å². The van der Waals surface area contributed by atoms with E-state index in [4.69, 9.17) is 5.73 Å². The normalized spacial score (nSPS) is 10.3. The van der Waals surface area contributed by atoms with Crippen LogP contribution in [-0.2, 0) is 14.3 Å². The monoisotopic (exact) mass is 344 g/mol. The molecular weight excluding hydrogens is 324 g/mol. The maximum absolute atomic E-state index is 12.1. The molecule has 1 aromatic carbocycles. The molecule has 0 unspecified atom stereocenters. The summed E-state index contributed by atoms with van der Waals surface area (Å²) in [5, 5.41) is 2.64. The standard InChI is InChI=1S/C15H20N2O5.ClH/c1-15(2,8-16)14(20)17-11-6-9(12(18)21-3)5-10(7-11)13(19)22-4;/h5-7H,8,16H2,1-4H3,(H,17,20);1H. The van der Waals surface area contributed by atoms with E-state index in [1.807, 2.05) is 0 Å². The lowest BCUT2D eigenvalue weighted by Crippen LogP contribution is -2.37. The largest absolute Gasteiger partial charge is 0.465 e. The summed E-state index contributed by atoms with van der Waals surface area (Å²) < 4.78 is 9.26. The zero-order valence-corrected chi connectivity index (χ0v) is 14.3. The lowest BCUT2D eigenvalue weighted by Gasteiger charge is -2.21. The van der Waals surface area contributed by atoms with E-state index < -0.39 is 17.4 Å². The maximum Gasteiger partial charge on any atom is 0.337 e. The van der Waals surface area contributed by atoms with Gasteiger partial charge in [0.25, 0.3) is 0 Å². The topological polar surface area (TPSA) is 108 Å². The summed E-state index contributed by atoms with van der Waals surface area (Å²) in [6.45, 7) is 3.53. The average Bonchev–Trinajstić information content (AvgIpc) is 2.52. The van der Waals surface area contributed by atoms with Crippen molar-refractivity contribution in [3.63, 3.8) is 0 Å². The van der Waals surface area contributed by atoms with Gasteiger partial charge in [-0.15, -0.1) is 12.4 Å². The second-order valence-corrected chi connectivity index (χ2v) is 5.32. The van der Waals surface area contributed by atoms with Crippen molar-refractivity contribution in [2.75, 3.05) is 26.1 Å². The first-order valence-corrected chi connectivity index (χ1v) is 6.58. The molecule has 3 N–H and O–H groups in total. The number of halogens is 1. The second-order valence-electron chi connectivity index (χ2n) is 5.32. The van der Waals surface area contributed by atoms with Crippen LogP contribution in [0.4, 0.5) is 5.69 Å². The Morgan fingerprint density at radius 2 is 1.48 bits per heavy atom. The summed E-state index contributed by atoms with van der Waals surface area (Å²) in [6.07, 6.45) is 0. The molecule has 0 aliphatic carbocycles. The number of carbonyl (C=O) groups is 3. The van der Waals surface area contributed by atoms with Gasteiger partial charge in [-0.2, -0.15) is 0 Å². The Labute approximate surface area is 140 Å². The van der Waals surface area contributed by atoms with Crippen LogP contribution in [0.2, 0.25) is 0 Å². The SMILES string of the molecule is COC(=O)c1cc(NC(=O)C(C)(C)CN)cc(C(=O)OC)c1.Cl. The van der Waals surface area contributed by atoms with E-state index in [-0.39, 0.29) is 41.7 Å². The van der Waals surface area contributed by atoms with Gasteiger partial charge in [0.2, 0.25) is 5.91 Å². The van der Waals surface area contributed by atoms with Crippen LogP contribution >= 0.6 is 12.4 Å². The number of amides is 1. The van der Waals surface area contributed by atoms with Crippen molar-refractivity contribution in [2.24, 2.45) is 11.1 Å². The molecule has 1 amide bonds. The molecule has 23 heavy (non-hydrogen) atoms. The molecule has 0 aliphatic rings. The molecule has 0 saturated heterocycles. The molecule has 0 saturated carbocycles. The van der Waals surface area contributed by atoms with Crippen molar-refractivity contribution in [2.45, 2.75) is 13.8 Å². The van der Waals surface area contributed by atoms with Crippen LogP contribution in [0.5, 0.6) is 0 Å². The van der Waals surface area contributed by atoms with E-state index >= 15 is 0 Å². The van der Waals surface area contributed by atoms with Gasteiger partial charge < -0.3 is 20.5 Å². The van der Waals surface area contributed by atoms with Crippen molar-refractivity contribution in [1.29, 1.82) is 0 Å². The molecule has 1 aromatic rings. The number of esters is 2. The fourth-order valence-corrected chi connectivity index (χ4v) is 1.56. The fourth-order valence-electron chi connectivity index (χ4n) is 1.56. The Morgan fingerprint density at radius 1 is 1.04 bits per heavy atom. The van der Waals surface area contributed by atoms with Gasteiger partial charge in [0.05, 0.1) is 30.8 Å². The molecule has 0 radical (unpaired) electrons. The molecule has 0 fully saturated rings. The molecule has 0 heterocycles. The van der Waals surface area contributed by atoms with Crippen LogP contribution in [0.1, 0.15) is 34.6 Å². The predicted molar refractivity (Wildman–Crippen MR) is 87.8 cm³/mol. The van der Waals surface area contributed by atoms with E-state index in [1.165, 1.54) is 32.4 Å². The van der Waals surface area contributed by atoms with Crippen molar-refractivity contribution >= 4 is 35.9 Å². The number of hydrogen-bond acceptors (Lipinski definition) is 6. The number of carbonyl (C=O) groups excluding carboxylic acids is 3. The van der Waals surface area contributed by atoms with E-state index in [2.05, 4.69) is 14.8 Å². The number of rotatable bonds is 5. The van der Waals surface area contributed by atoms with Crippen LogP contribution in [0, 0.1) is 5.41 Å². The van der Waals surface area contributed by atoms with E-state index in [0.717, 1.165) is 0 Å². The Morgan fingerprint density at radius 3 is 1.83 bits per heavy atom. The number of hydrogen-bond donors (Lipinski definition) is 2. The van der Waals surface area contributed by atoms with E-state index in [1.54, 1.807) is 13.8 Å². The van der Waals surface area contributed by atoms with Gasteiger partial charge in [-0.05, 0) is 32.0 Å². The molecule has 1 rings (SSSR count). The van der Waals surface area contributed by atoms with Crippen LogP contribution in [0.3, 0.4) is 0 Å². The Hall–Kier alpha value is -2.12. The summed E-state index contributed by atoms with van der Waals surface area (Å²) in [4.78, 5) is 35.5. The van der Waals surface area contributed by atoms with Gasteiger partial charge in [0.1, 0.15) is 0 Å².